The Labute approximate surface area is 72.6 Å². The van der Waals surface area contributed by atoms with Crippen LogP contribution in [0.2, 0.25) is 0 Å². The summed E-state index contributed by atoms with van der Waals surface area (Å²) in [4.78, 5) is 10.1. The SMILES string of the molecule is CCCC(Cl)CCCC(=O)O. The molecule has 0 aliphatic carbocycles. The van der Waals surface area contributed by atoms with Crippen molar-refractivity contribution >= 4 is 17.6 Å². The van der Waals surface area contributed by atoms with Crippen molar-refractivity contribution in [3.63, 3.8) is 0 Å². The smallest absolute Gasteiger partial charge is 0.303 e. The molecule has 0 heterocycles. The standard InChI is InChI=1S/C8H15ClO2/c1-2-4-7(9)5-3-6-8(10)11/h7H,2-6H2,1H3,(H,10,11). The first-order valence-corrected chi connectivity index (χ1v) is 4.46. The Morgan fingerprint density at radius 2 is 2.18 bits per heavy atom. The van der Waals surface area contributed by atoms with Gasteiger partial charge in [0.05, 0.1) is 0 Å². The molecule has 1 unspecified atom stereocenters. The summed E-state index contributed by atoms with van der Waals surface area (Å²) in [6, 6.07) is 0. The zero-order chi connectivity index (χ0) is 8.69. The lowest BCUT2D eigenvalue weighted by Gasteiger charge is -2.04. The largest absolute Gasteiger partial charge is 0.481 e. The van der Waals surface area contributed by atoms with Gasteiger partial charge < -0.3 is 5.11 Å². The first-order valence-electron chi connectivity index (χ1n) is 4.02. The molecule has 0 fully saturated rings. The predicted octanol–water partition coefficient (Wildman–Crippen LogP) is 2.65. The number of rotatable bonds is 6. The van der Waals surface area contributed by atoms with Crippen molar-refractivity contribution in [2.75, 3.05) is 0 Å². The number of hydrogen-bond acceptors (Lipinski definition) is 1. The minimum atomic E-state index is -0.731. The number of aliphatic carboxylic acids is 1. The van der Waals surface area contributed by atoms with Crippen LogP contribution in [0.4, 0.5) is 0 Å². The van der Waals surface area contributed by atoms with Crippen LogP contribution in [-0.4, -0.2) is 16.5 Å². The van der Waals surface area contributed by atoms with E-state index in [0.717, 1.165) is 19.3 Å². The average Bonchev–Trinajstić information content (AvgIpc) is 1.87. The number of carboxylic acids is 1. The van der Waals surface area contributed by atoms with Crippen LogP contribution in [0, 0.1) is 0 Å². The third-order valence-electron chi connectivity index (χ3n) is 1.51. The van der Waals surface area contributed by atoms with Crippen molar-refractivity contribution in [1.29, 1.82) is 0 Å². The van der Waals surface area contributed by atoms with Gasteiger partial charge in [0, 0.05) is 11.8 Å². The van der Waals surface area contributed by atoms with Crippen LogP contribution in [0.3, 0.4) is 0 Å². The van der Waals surface area contributed by atoms with Crippen LogP contribution >= 0.6 is 11.6 Å². The van der Waals surface area contributed by atoms with Crippen molar-refractivity contribution in [1.82, 2.24) is 0 Å². The molecule has 11 heavy (non-hydrogen) atoms. The van der Waals surface area contributed by atoms with E-state index in [-0.39, 0.29) is 11.8 Å². The zero-order valence-corrected chi connectivity index (χ0v) is 7.60. The minimum absolute atomic E-state index is 0.166. The maximum absolute atomic E-state index is 10.1. The fourth-order valence-electron chi connectivity index (χ4n) is 0.932. The van der Waals surface area contributed by atoms with E-state index in [2.05, 4.69) is 6.92 Å². The van der Waals surface area contributed by atoms with Gasteiger partial charge in [-0.15, -0.1) is 11.6 Å². The highest BCUT2D eigenvalue weighted by Crippen LogP contribution is 2.12. The van der Waals surface area contributed by atoms with E-state index in [0.29, 0.717) is 6.42 Å². The van der Waals surface area contributed by atoms with Gasteiger partial charge in [-0.1, -0.05) is 13.3 Å². The van der Waals surface area contributed by atoms with E-state index in [1.165, 1.54) is 0 Å². The van der Waals surface area contributed by atoms with Crippen molar-refractivity contribution < 1.29 is 9.90 Å². The summed E-state index contributed by atoms with van der Waals surface area (Å²) < 4.78 is 0. The van der Waals surface area contributed by atoms with Gasteiger partial charge in [0.2, 0.25) is 0 Å². The van der Waals surface area contributed by atoms with Crippen LogP contribution < -0.4 is 0 Å². The lowest BCUT2D eigenvalue weighted by molar-refractivity contribution is -0.137. The molecule has 0 aromatic carbocycles. The second-order valence-electron chi connectivity index (χ2n) is 2.67. The van der Waals surface area contributed by atoms with E-state index in [1.54, 1.807) is 0 Å². The first kappa shape index (κ1) is 10.8. The maximum atomic E-state index is 10.1. The molecule has 0 saturated heterocycles. The van der Waals surface area contributed by atoms with Gasteiger partial charge in [-0.05, 0) is 19.3 Å². The lowest BCUT2D eigenvalue weighted by Crippen LogP contribution is -2.00. The van der Waals surface area contributed by atoms with Gasteiger partial charge in [-0.25, -0.2) is 0 Å². The summed E-state index contributed by atoms with van der Waals surface area (Å²) in [5.41, 5.74) is 0. The van der Waals surface area contributed by atoms with Crippen molar-refractivity contribution in [2.45, 2.75) is 44.4 Å². The van der Waals surface area contributed by atoms with Gasteiger partial charge in [-0.2, -0.15) is 0 Å². The van der Waals surface area contributed by atoms with Crippen molar-refractivity contribution in [2.24, 2.45) is 0 Å². The fraction of sp³-hybridized carbons (Fsp3) is 0.875. The molecule has 1 atom stereocenters. The molecule has 1 N–H and O–H groups in total. The molecular weight excluding hydrogens is 164 g/mol. The summed E-state index contributed by atoms with van der Waals surface area (Å²) in [6.45, 7) is 2.08. The van der Waals surface area contributed by atoms with Gasteiger partial charge in [-0.3, -0.25) is 4.79 Å². The molecule has 0 aromatic heterocycles. The highest BCUT2D eigenvalue weighted by atomic mass is 35.5. The molecule has 66 valence electrons. The molecule has 0 radical (unpaired) electrons. The lowest BCUT2D eigenvalue weighted by atomic mass is 10.1. The van der Waals surface area contributed by atoms with E-state index in [4.69, 9.17) is 16.7 Å². The molecule has 0 amide bonds. The number of carboxylic acid groups (broad SMARTS) is 1. The molecule has 0 spiro atoms. The Kier molecular flexibility index (Phi) is 6.33. The summed E-state index contributed by atoms with van der Waals surface area (Å²) in [6.07, 6.45) is 3.82. The third-order valence-corrected chi connectivity index (χ3v) is 1.95. The first-order chi connectivity index (χ1) is 5.16. The van der Waals surface area contributed by atoms with Crippen LogP contribution in [0.15, 0.2) is 0 Å². The zero-order valence-electron chi connectivity index (χ0n) is 6.85. The monoisotopic (exact) mass is 178 g/mol. The number of halogens is 1. The average molecular weight is 179 g/mol. The molecule has 0 aliphatic rings. The number of hydrogen-bond donors (Lipinski definition) is 1. The Morgan fingerprint density at radius 1 is 1.55 bits per heavy atom. The van der Waals surface area contributed by atoms with Gasteiger partial charge in [0.15, 0.2) is 0 Å². The normalized spacial score (nSPS) is 12.9. The quantitative estimate of drug-likeness (QED) is 0.635. The van der Waals surface area contributed by atoms with Crippen molar-refractivity contribution in [3.8, 4) is 0 Å². The molecule has 0 rings (SSSR count). The molecule has 0 saturated carbocycles. The molecule has 0 bridgehead atoms. The molecule has 2 nitrogen and oxygen atoms in total. The fourth-order valence-corrected chi connectivity index (χ4v) is 1.30. The topological polar surface area (TPSA) is 37.3 Å². The Balaban J connectivity index is 3.16. The Bertz CT molecular complexity index is 115. The second kappa shape index (κ2) is 6.47. The summed E-state index contributed by atoms with van der Waals surface area (Å²) in [5, 5.41) is 8.48. The Hall–Kier alpha value is -0.240. The molecular formula is C8H15ClO2. The molecule has 0 aromatic rings. The summed E-state index contributed by atoms with van der Waals surface area (Å²) in [7, 11) is 0. The van der Waals surface area contributed by atoms with Crippen LogP contribution in [0.1, 0.15) is 39.0 Å². The van der Waals surface area contributed by atoms with E-state index >= 15 is 0 Å². The second-order valence-corrected chi connectivity index (χ2v) is 3.29. The molecule has 0 aliphatic heterocycles. The van der Waals surface area contributed by atoms with E-state index in [1.807, 2.05) is 0 Å². The minimum Gasteiger partial charge on any atom is -0.481 e. The summed E-state index contributed by atoms with van der Waals surface area (Å²) in [5.74, 6) is -0.731. The van der Waals surface area contributed by atoms with Gasteiger partial charge in [0.1, 0.15) is 0 Å². The van der Waals surface area contributed by atoms with Gasteiger partial charge >= 0.3 is 5.97 Å². The highest BCUT2D eigenvalue weighted by molar-refractivity contribution is 6.20. The van der Waals surface area contributed by atoms with Crippen LogP contribution in [0.25, 0.3) is 0 Å². The van der Waals surface area contributed by atoms with Crippen molar-refractivity contribution in [3.05, 3.63) is 0 Å². The van der Waals surface area contributed by atoms with Crippen LogP contribution in [-0.2, 0) is 4.79 Å². The number of alkyl halides is 1. The Morgan fingerprint density at radius 3 is 2.64 bits per heavy atom. The molecule has 3 heteroatoms. The highest BCUT2D eigenvalue weighted by Gasteiger charge is 2.04. The van der Waals surface area contributed by atoms with Crippen LogP contribution in [0.5, 0.6) is 0 Å². The maximum Gasteiger partial charge on any atom is 0.303 e. The summed E-state index contributed by atoms with van der Waals surface area (Å²) >= 11 is 5.87. The van der Waals surface area contributed by atoms with E-state index < -0.39 is 5.97 Å². The predicted molar refractivity (Wildman–Crippen MR) is 46.0 cm³/mol. The number of carbonyl (C=O) groups is 1. The third kappa shape index (κ3) is 7.66. The van der Waals surface area contributed by atoms with E-state index in [9.17, 15) is 4.79 Å². The van der Waals surface area contributed by atoms with Gasteiger partial charge in [0.25, 0.3) is 0 Å².